The van der Waals surface area contributed by atoms with Gasteiger partial charge in [0.05, 0.1) is 0 Å². The monoisotopic (exact) mass is 345 g/mol. The predicted octanol–water partition coefficient (Wildman–Crippen LogP) is 3.87. The van der Waals surface area contributed by atoms with E-state index in [9.17, 15) is 9.59 Å². The molecule has 1 N–H and O–H groups in total. The lowest BCUT2D eigenvalue weighted by Gasteiger charge is -2.08. The zero-order valence-electron chi connectivity index (χ0n) is 13.5. The number of hydrogen-bond acceptors (Lipinski definition) is 3. The number of carbonyl (C=O) groups excluding carboxylic acids is 2. The van der Waals surface area contributed by atoms with E-state index in [2.05, 4.69) is 12.2 Å². The first kappa shape index (κ1) is 18.0. The molecule has 0 unspecified atom stereocenters. The highest BCUT2D eigenvalue weighted by atomic mass is 35.5. The Morgan fingerprint density at radius 1 is 1.00 bits per heavy atom. The summed E-state index contributed by atoms with van der Waals surface area (Å²) in [5.74, 6) is 0.314. The van der Waals surface area contributed by atoms with Crippen molar-refractivity contribution in [3.8, 4) is 5.75 Å². The number of halogens is 1. The fraction of sp³-hybridized carbons (Fsp3) is 0.263. The predicted molar refractivity (Wildman–Crippen MR) is 94.7 cm³/mol. The SMILES string of the molecule is CCCCNC(=O)COc1ccc(C(=O)c2ccc(Cl)cc2)cc1. The molecule has 5 heteroatoms. The summed E-state index contributed by atoms with van der Waals surface area (Å²) < 4.78 is 5.41. The minimum atomic E-state index is -0.148. The minimum Gasteiger partial charge on any atom is -0.484 e. The van der Waals surface area contributed by atoms with Crippen LogP contribution in [-0.4, -0.2) is 24.8 Å². The zero-order valence-corrected chi connectivity index (χ0v) is 14.3. The molecule has 2 rings (SSSR count). The molecular formula is C19H20ClNO3. The van der Waals surface area contributed by atoms with E-state index in [-0.39, 0.29) is 18.3 Å². The summed E-state index contributed by atoms with van der Waals surface area (Å²) in [7, 11) is 0. The third kappa shape index (κ3) is 5.39. The smallest absolute Gasteiger partial charge is 0.257 e. The van der Waals surface area contributed by atoms with Gasteiger partial charge in [0.25, 0.3) is 5.91 Å². The lowest BCUT2D eigenvalue weighted by Crippen LogP contribution is -2.29. The third-order valence-electron chi connectivity index (χ3n) is 3.45. The standard InChI is InChI=1S/C19H20ClNO3/c1-2-3-12-21-18(22)13-24-17-10-6-15(7-11-17)19(23)14-4-8-16(20)9-5-14/h4-11H,2-3,12-13H2,1H3,(H,21,22). The first-order valence-corrected chi connectivity index (χ1v) is 8.27. The molecule has 0 aliphatic heterocycles. The molecule has 1 amide bonds. The number of rotatable bonds is 8. The molecular weight excluding hydrogens is 326 g/mol. The van der Waals surface area contributed by atoms with Crippen LogP contribution in [0.5, 0.6) is 5.75 Å². The molecule has 0 bridgehead atoms. The summed E-state index contributed by atoms with van der Waals surface area (Å²) >= 11 is 5.82. The average molecular weight is 346 g/mol. The highest BCUT2D eigenvalue weighted by molar-refractivity contribution is 6.30. The molecule has 126 valence electrons. The highest BCUT2D eigenvalue weighted by Gasteiger charge is 2.09. The van der Waals surface area contributed by atoms with Crippen LogP contribution in [0, 0.1) is 0 Å². The van der Waals surface area contributed by atoms with Crippen molar-refractivity contribution in [3.05, 3.63) is 64.7 Å². The van der Waals surface area contributed by atoms with Crippen LogP contribution in [-0.2, 0) is 4.79 Å². The van der Waals surface area contributed by atoms with E-state index < -0.39 is 0 Å². The maximum atomic E-state index is 12.3. The molecule has 0 fully saturated rings. The van der Waals surface area contributed by atoms with E-state index in [0.29, 0.717) is 28.4 Å². The molecule has 0 aliphatic carbocycles. The number of benzene rings is 2. The molecule has 0 aromatic heterocycles. The number of carbonyl (C=O) groups is 2. The Hall–Kier alpha value is -2.33. The van der Waals surface area contributed by atoms with Crippen LogP contribution >= 0.6 is 11.6 Å². The Morgan fingerprint density at radius 2 is 1.58 bits per heavy atom. The summed E-state index contributed by atoms with van der Waals surface area (Å²) in [6.07, 6.45) is 1.98. The van der Waals surface area contributed by atoms with E-state index in [0.717, 1.165) is 12.8 Å². The molecule has 0 saturated carbocycles. The van der Waals surface area contributed by atoms with Crippen LogP contribution in [0.1, 0.15) is 35.7 Å². The van der Waals surface area contributed by atoms with Crippen LogP contribution < -0.4 is 10.1 Å². The van der Waals surface area contributed by atoms with Crippen LogP contribution in [0.3, 0.4) is 0 Å². The van der Waals surface area contributed by atoms with Gasteiger partial charge in [-0.3, -0.25) is 9.59 Å². The van der Waals surface area contributed by atoms with Gasteiger partial charge in [0.15, 0.2) is 12.4 Å². The van der Waals surface area contributed by atoms with E-state index in [1.165, 1.54) is 0 Å². The Morgan fingerprint density at radius 3 is 2.17 bits per heavy atom. The summed E-state index contributed by atoms with van der Waals surface area (Å²) in [5.41, 5.74) is 1.13. The van der Waals surface area contributed by atoms with Gasteiger partial charge in [-0.05, 0) is 55.0 Å². The van der Waals surface area contributed by atoms with E-state index in [1.807, 2.05) is 0 Å². The van der Waals surface area contributed by atoms with Crippen LogP contribution in [0.15, 0.2) is 48.5 Å². The molecule has 0 heterocycles. The second-order valence-electron chi connectivity index (χ2n) is 5.35. The third-order valence-corrected chi connectivity index (χ3v) is 3.70. The maximum Gasteiger partial charge on any atom is 0.257 e. The molecule has 0 radical (unpaired) electrons. The molecule has 2 aromatic rings. The van der Waals surface area contributed by atoms with Gasteiger partial charge in [0.1, 0.15) is 5.75 Å². The quantitative estimate of drug-likeness (QED) is 0.583. The second-order valence-corrected chi connectivity index (χ2v) is 5.79. The van der Waals surface area contributed by atoms with E-state index in [4.69, 9.17) is 16.3 Å². The largest absolute Gasteiger partial charge is 0.484 e. The summed E-state index contributed by atoms with van der Waals surface area (Å²) in [6.45, 7) is 2.69. The van der Waals surface area contributed by atoms with E-state index >= 15 is 0 Å². The topological polar surface area (TPSA) is 55.4 Å². The Bertz CT molecular complexity index is 681. The lowest BCUT2D eigenvalue weighted by atomic mass is 10.0. The number of amides is 1. The van der Waals surface area contributed by atoms with Gasteiger partial charge >= 0.3 is 0 Å². The zero-order chi connectivity index (χ0) is 17.4. The lowest BCUT2D eigenvalue weighted by molar-refractivity contribution is -0.123. The van der Waals surface area contributed by atoms with Gasteiger partial charge < -0.3 is 10.1 Å². The number of nitrogens with one attached hydrogen (secondary N) is 1. The number of ketones is 1. The molecule has 0 saturated heterocycles. The van der Waals surface area contributed by atoms with Gasteiger partial charge in [-0.25, -0.2) is 0 Å². The van der Waals surface area contributed by atoms with Crippen LogP contribution in [0.2, 0.25) is 5.02 Å². The Labute approximate surface area is 146 Å². The Balaban J connectivity index is 1.89. The fourth-order valence-corrected chi connectivity index (χ4v) is 2.20. The molecule has 24 heavy (non-hydrogen) atoms. The van der Waals surface area contributed by atoms with Crippen molar-refractivity contribution in [3.63, 3.8) is 0 Å². The van der Waals surface area contributed by atoms with Crippen molar-refractivity contribution in [2.45, 2.75) is 19.8 Å². The van der Waals surface area contributed by atoms with Crippen molar-refractivity contribution in [1.82, 2.24) is 5.32 Å². The van der Waals surface area contributed by atoms with Crippen molar-refractivity contribution in [2.75, 3.05) is 13.2 Å². The normalized spacial score (nSPS) is 10.2. The van der Waals surface area contributed by atoms with Gasteiger partial charge in [0.2, 0.25) is 0 Å². The minimum absolute atomic E-state index is 0.0335. The first-order valence-electron chi connectivity index (χ1n) is 7.90. The summed E-state index contributed by atoms with van der Waals surface area (Å²) in [5, 5.41) is 3.37. The van der Waals surface area contributed by atoms with Gasteiger partial charge in [-0.2, -0.15) is 0 Å². The molecule has 0 atom stereocenters. The molecule has 4 nitrogen and oxygen atoms in total. The fourth-order valence-electron chi connectivity index (χ4n) is 2.07. The Kier molecular flexibility index (Phi) is 6.82. The molecule has 0 spiro atoms. The molecule has 0 aliphatic rings. The first-order chi connectivity index (χ1) is 11.6. The average Bonchev–Trinajstić information content (AvgIpc) is 2.61. The number of unbranched alkanes of at least 4 members (excludes halogenated alkanes) is 1. The van der Waals surface area contributed by atoms with Gasteiger partial charge in [-0.15, -0.1) is 0 Å². The van der Waals surface area contributed by atoms with Crippen LogP contribution in [0.4, 0.5) is 0 Å². The summed E-state index contributed by atoms with van der Waals surface area (Å²) in [4.78, 5) is 23.9. The second kappa shape index (κ2) is 9.08. The van der Waals surface area contributed by atoms with Gasteiger partial charge in [-0.1, -0.05) is 24.9 Å². The number of ether oxygens (including phenoxy) is 1. The highest BCUT2D eigenvalue weighted by Crippen LogP contribution is 2.17. The van der Waals surface area contributed by atoms with Gasteiger partial charge in [0, 0.05) is 22.7 Å². The van der Waals surface area contributed by atoms with E-state index in [1.54, 1.807) is 48.5 Å². The van der Waals surface area contributed by atoms with Crippen molar-refractivity contribution < 1.29 is 14.3 Å². The molecule has 2 aromatic carbocycles. The van der Waals surface area contributed by atoms with Crippen molar-refractivity contribution >= 4 is 23.3 Å². The van der Waals surface area contributed by atoms with Crippen molar-refractivity contribution in [1.29, 1.82) is 0 Å². The maximum absolute atomic E-state index is 12.3. The summed E-state index contributed by atoms with van der Waals surface area (Å²) in [6, 6.07) is 13.5. The number of hydrogen-bond donors (Lipinski definition) is 1. The van der Waals surface area contributed by atoms with Crippen molar-refractivity contribution in [2.24, 2.45) is 0 Å². The van der Waals surface area contributed by atoms with Crippen LogP contribution in [0.25, 0.3) is 0 Å².